The van der Waals surface area contributed by atoms with Crippen LogP contribution in [0.3, 0.4) is 0 Å². The van der Waals surface area contributed by atoms with Gasteiger partial charge in [-0.1, -0.05) is 26.0 Å². The lowest BCUT2D eigenvalue weighted by atomic mass is 9.64. The van der Waals surface area contributed by atoms with E-state index in [1.54, 1.807) is 13.0 Å². The molecule has 0 radical (unpaired) electrons. The summed E-state index contributed by atoms with van der Waals surface area (Å²) in [5.74, 6) is -0.159. The van der Waals surface area contributed by atoms with Crippen molar-refractivity contribution in [3.8, 4) is 0 Å². The number of aryl methyl sites for hydroxylation is 1. The highest BCUT2D eigenvalue weighted by Crippen LogP contribution is 2.40. The zero-order valence-electron chi connectivity index (χ0n) is 10.6. The summed E-state index contributed by atoms with van der Waals surface area (Å²) in [6.07, 6.45) is 0.586. The maximum atomic E-state index is 13.1. The van der Waals surface area contributed by atoms with Crippen LogP contribution in [0.15, 0.2) is 18.2 Å². The molecule has 0 spiro atoms. The van der Waals surface area contributed by atoms with E-state index in [-0.39, 0.29) is 17.3 Å². The van der Waals surface area contributed by atoms with Gasteiger partial charge in [0.05, 0.1) is 6.10 Å². The topological polar surface area (TPSA) is 32.3 Å². The SMILES string of the molecule is Cc1cc(CNC2CC(O)C2(C)C)ccc1F. The van der Waals surface area contributed by atoms with Crippen LogP contribution in [0, 0.1) is 18.2 Å². The molecular formula is C14H20FNO. The van der Waals surface area contributed by atoms with Crippen molar-refractivity contribution >= 4 is 0 Å². The first-order valence-electron chi connectivity index (χ1n) is 6.07. The third-order valence-electron chi connectivity index (χ3n) is 3.99. The van der Waals surface area contributed by atoms with Crippen molar-refractivity contribution in [3.05, 3.63) is 35.1 Å². The van der Waals surface area contributed by atoms with Crippen molar-refractivity contribution in [2.75, 3.05) is 0 Å². The van der Waals surface area contributed by atoms with E-state index in [0.29, 0.717) is 11.6 Å². The van der Waals surface area contributed by atoms with Gasteiger partial charge in [-0.3, -0.25) is 0 Å². The van der Waals surface area contributed by atoms with Gasteiger partial charge in [-0.15, -0.1) is 0 Å². The van der Waals surface area contributed by atoms with Gasteiger partial charge in [0.2, 0.25) is 0 Å². The van der Waals surface area contributed by atoms with Gasteiger partial charge in [-0.2, -0.15) is 0 Å². The summed E-state index contributed by atoms with van der Waals surface area (Å²) in [5.41, 5.74) is 1.70. The summed E-state index contributed by atoms with van der Waals surface area (Å²) in [5, 5.41) is 13.1. The molecular weight excluding hydrogens is 217 g/mol. The monoisotopic (exact) mass is 237 g/mol. The van der Waals surface area contributed by atoms with Gasteiger partial charge in [-0.05, 0) is 30.5 Å². The van der Waals surface area contributed by atoms with E-state index in [0.717, 1.165) is 18.5 Å². The number of hydrogen-bond acceptors (Lipinski definition) is 2. The van der Waals surface area contributed by atoms with Gasteiger partial charge in [-0.25, -0.2) is 4.39 Å². The van der Waals surface area contributed by atoms with E-state index in [4.69, 9.17) is 0 Å². The Morgan fingerprint density at radius 3 is 2.71 bits per heavy atom. The molecule has 0 bridgehead atoms. The van der Waals surface area contributed by atoms with Crippen LogP contribution >= 0.6 is 0 Å². The molecule has 1 saturated carbocycles. The van der Waals surface area contributed by atoms with Crippen LogP contribution in [0.1, 0.15) is 31.4 Å². The molecule has 0 aliphatic heterocycles. The first kappa shape index (κ1) is 12.5. The quantitative estimate of drug-likeness (QED) is 0.846. The first-order valence-corrected chi connectivity index (χ1v) is 6.07. The van der Waals surface area contributed by atoms with Crippen molar-refractivity contribution in [1.29, 1.82) is 0 Å². The van der Waals surface area contributed by atoms with Crippen LogP contribution in [-0.4, -0.2) is 17.3 Å². The van der Waals surface area contributed by atoms with Crippen molar-refractivity contribution in [3.63, 3.8) is 0 Å². The minimum Gasteiger partial charge on any atom is -0.392 e. The molecule has 0 aromatic heterocycles. The fourth-order valence-electron chi connectivity index (χ4n) is 2.31. The summed E-state index contributed by atoms with van der Waals surface area (Å²) in [6, 6.07) is 5.51. The normalized spacial score (nSPS) is 26.6. The molecule has 2 atom stereocenters. The molecule has 3 heteroatoms. The predicted molar refractivity (Wildman–Crippen MR) is 66.2 cm³/mol. The average molecular weight is 237 g/mol. The molecule has 1 aliphatic rings. The Bertz CT molecular complexity index is 417. The van der Waals surface area contributed by atoms with E-state index in [2.05, 4.69) is 19.2 Å². The molecule has 1 aliphatic carbocycles. The maximum absolute atomic E-state index is 13.1. The predicted octanol–water partition coefficient (Wildman–Crippen LogP) is 2.38. The van der Waals surface area contributed by atoms with E-state index >= 15 is 0 Å². The first-order chi connectivity index (χ1) is 7.91. The Kier molecular flexibility index (Phi) is 3.23. The number of nitrogens with one attached hydrogen (secondary N) is 1. The lowest BCUT2D eigenvalue weighted by Gasteiger charge is -2.49. The number of hydrogen-bond donors (Lipinski definition) is 2. The van der Waals surface area contributed by atoms with Crippen molar-refractivity contribution in [1.82, 2.24) is 5.32 Å². The maximum Gasteiger partial charge on any atom is 0.126 e. The molecule has 1 aromatic rings. The molecule has 1 aromatic carbocycles. The molecule has 94 valence electrons. The fraction of sp³-hybridized carbons (Fsp3) is 0.571. The van der Waals surface area contributed by atoms with Gasteiger partial charge in [0, 0.05) is 18.0 Å². The highest BCUT2D eigenvalue weighted by atomic mass is 19.1. The van der Waals surface area contributed by atoms with Crippen LogP contribution in [0.2, 0.25) is 0 Å². The minimum atomic E-state index is -0.213. The lowest BCUT2D eigenvalue weighted by Crippen LogP contribution is -2.59. The van der Waals surface area contributed by atoms with Crippen molar-refractivity contribution < 1.29 is 9.50 Å². The zero-order valence-corrected chi connectivity index (χ0v) is 10.6. The molecule has 1 fully saturated rings. The van der Waals surface area contributed by atoms with E-state index < -0.39 is 0 Å². The van der Waals surface area contributed by atoms with E-state index in [1.807, 2.05) is 6.07 Å². The number of aliphatic hydroxyl groups excluding tert-OH is 1. The van der Waals surface area contributed by atoms with E-state index in [9.17, 15) is 9.50 Å². The third kappa shape index (κ3) is 2.35. The van der Waals surface area contributed by atoms with Crippen LogP contribution < -0.4 is 5.32 Å². The van der Waals surface area contributed by atoms with Gasteiger partial charge >= 0.3 is 0 Å². The largest absolute Gasteiger partial charge is 0.392 e. The van der Waals surface area contributed by atoms with Crippen LogP contribution in [-0.2, 0) is 6.54 Å². The molecule has 2 nitrogen and oxygen atoms in total. The summed E-state index contributed by atoms with van der Waals surface area (Å²) < 4.78 is 13.1. The summed E-state index contributed by atoms with van der Waals surface area (Å²) >= 11 is 0. The molecule has 0 amide bonds. The minimum absolute atomic E-state index is 0.0604. The fourth-order valence-corrected chi connectivity index (χ4v) is 2.31. The molecule has 0 heterocycles. The highest BCUT2D eigenvalue weighted by molar-refractivity contribution is 5.24. The third-order valence-corrected chi connectivity index (χ3v) is 3.99. The van der Waals surface area contributed by atoms with Crippen LogP contribution in [0.4, 0.5) is 4.39 Å². The van der Waals surface area contributed by atoms with Crippen LogP contribution in [0.25, 0.3) is 0 Å². The van der Waals surface area contributed by atoms with Crippen molar-refractivity contribution in [2.45, 2.75) is 45.9 Å². The van der Waals surface area contributed by atoms with Gasteiger partial charge in [0.25, 0.3) is 0 Å². The second-order valence-electron chi connectivity index (χ2n) is 5.59. The lowest BCUT2D eigenvalue weighted by molar-refractivity contribution is -0.0729. The highest BCUT2D eigenvalue weighted by Gasteiger charge is 2.46. The Labute approximate surface area is 102 Å². The molecule has 2 N–H and O–H groups in total. The summed E-state index contributed by atoms with van der Waals surface area (Å²) in [4.78, 5) is 0. The molecule has 2 unspecified atom stereocenters. The second kappa shape index (κ2) is 4.39. The number of rotatable bonds is 3. The van der Waals surface area contributed by atoms with Gasteiger partial charge in [0.1, 0.15) is 5.82 Å². The Balaban J connectivity index is 1.93. The Morgan fingerprint density at radius 2 is 2.18 bits per heavy atom. The molecule has 17 heavy (non-hydrogen) atoms. The number of aliphatic hydroxyl groups is 1. The molecule has 0 saturated heterocycles. The van der Waals surface area contributed by atoms with Gasteiger partial charge in [0.15, 0.2) is 0 Å². The molecule has 2 rings (SSSR count). The Morgan fingerprint density at radius 1 is 1.47 bits per heavy atom. The number of benzene rings is 1. The summed E-state index contributed by atoms with van der Waals surface area (Å²) in [6.45, 7) is 6.63. The van der Waals surface area contributed by atoms with Crippen LogP contribution in [0.5, 0.6) is 0 Å². The summed E-state index contributed by atoms with van der Waals surface area (Å²) in [7, 11) is 0. The zero-order chi connectivity index (χ0) is 12.6. The van der Waals surface area contributed by atoms with E-state index in [1.165, 1.54) is 6.07 Å². The average Bonchev–Trinajstić information content (AvgIpc) is 2.28. The smallest absolute Gasteiger partial charge is 0.126 e. The van der Waals surface area contributed by atoms with Crippen molar-refractivity contribution in [2.24, 2.45) is 5.41 Å². The standard InChI is InChI=1S/C14H20FNO/c1-9-6-10(4-5-11(9)15)8-16-12-7-13(17)14(12,2)3/h4-6,12-13,16-17H,7-8H2,1-3H3. The Hall–Kier alpha value is -0.930. The second-order valence-corrected chi connectivity index (χ2v) is 5.59. The number of halogens is 1. The van der Waals surface area contributed by atoms with Gasteiger partial charge < -0.3 is 10.4 Å².